The average molecular weight is 360 g/mol. The van der Waals surface area contributed by atoms with Gasteiger partial charge in [0.05, 0.1) is 5.52 Å². The van der Waals surface area contributed by atoms with Gasteiger partial charge in [-0.05, 0) is 62.9 Å². The van der Waals surface area contributed by atoms with E-state index in [9.17, 15) is 4.79 Å². The van der Waals surface area contributed by atoms with Gasteiger partial charge in [-0.25, -0.2) is 9.97 Å². The van der Waals surface area contributed by atoms with E-state index in [1.165, 1.54) is 19.3 Å². The highest BCUT2D eigenvalue weighted by atomic mass is 16.1. The molecule has 1 aromatic heterocycles. The lowest BCUT2D eigenvalue weighted by atomic mass is 10.1. The Hall–Kier alpha value is -2.95. The lowest BCUT2D eigenvalue weighted by molar-refractivity contribution is 0.102. The Morgan fingerprint density at radius 2 is 1.81 bits per heavy atom. The molecule has 1 fully saturated rings. The van der Waals surface area contributed by atoms with Crippen LogP contribution in [0, 0.1) is 13.8 Å². The number of nitrogens with one attached hydrogen (secondary N) is 1. The second-order valence-corrected chi connectivity index (χ2v) is 7.25. The largest absolute Gasteiger partial charge is 0.356 e. The number of benzene rings is 2. The maximum atomic E-state index is 12.6. The number of hydrogen-bond donors (Lipinski definition) is 1. The Labute approximate surface area is 159 Å². The zero-order chi connectivity index (χ0) is 18.8. The van der Waals surface area contributed by atoms with Crippen molar-refractivity contribution in [3.05, 3.63) is 59.4 Å². The van der Waals surface area contributed by atoms with E-state index >= 15 is 0 Å². The van der Waals surface area contributed by atoms with Crippen molar-refractivity contribution in [3.8, 4) is 0 Å². The first-order valence-electron chi connectivity index (χ1n) is 9.50. The Morgan fingerprint density at radius 1 is 1.00 bits per heavy atom. The van der Waals surface area contributed by atoms with Crippen LogP contribution in [0.3, 0.4) is 0 Å². The van der Waals surface area contributed by atoms with Crippen molar-refractivity contribution < 1.29 is 4.79 Å². The highest BCUT2D eigenvalue weighted by Crippen LogP contribution is 2.27. The van der Waals surface area contributed by atoms with Gasteiger partial charge in [0.25, 0.3) is 5.91 Å². The molecular weight excluding hydrogens is 336 g/mol. The fourth-order valence-electron chi connectivity index (χ4n) is 3.75. The molecule has 1 amide bonds. The number of nitrogens with zero attached hydrogens (tertiary/aromatic N) is 3. The number of amides is 1. The number of carbonyl (C=O) groups excluding carboxylic acids is 1. The second-order valence-electron chi connectivity index (χ2n) is 7.25. The number of rotatable bonds is 3. The van der Waals surface area contributed by atoms with Crippen molar-refractivity contribution in [2.24, 2.45) is 0 Å². The summed E-state index contributed by atoms with van der Waals surface area (Å²) < 4.78 is 0. The van der Waals surface area contributed by atoms with Crippen molar-refractivity contribution >= 4 is 28.3 Å². The van der Waals surface area contributed by atoms with Crippen molar-refractivity contribution in [1.29, 1.82) is 0 Å². The lowest BCUT2D eigenvalue weighted by Crippen LogP contribution is -2.30. The molecule has 3 aromatic rings. The molecule has 1 saturated heterocycles. The van der Waals surface area contributed by atoms with Crippen LogP contribution in [0.15, 0.2) is 42.7 Å². The van der Waals surface area contributed by atoms with E-state index < -0.39 is 0 Å². The molecule has 1 aliphatic rings. The second kappa shape index (κ2) is 7.35. The predicted octanol–water partition coefficient (Wildman–Crippen LogP) is 4.49. The molecule has 0 aliphatic carbocycles. The number of hydrogen-bond acceptors (Lipinski definition) is 4. The summed E-state index contributed by atoms with van der Waals surface area (Å²) in [5.41, 5.74) is 4.41. The van der Waals surface area contributed by atoms with Gasteiger partial charge in [-0.3, -0.25) is 4.79 Å². The van der Waals surface area contributed by atoms with Gasteiger partial charge >= 0.3 is 0 Å². The molecule has 0 spiro atoms. The highest BCUT2D eigenvalue weighted by molar-refractivity contribution is 6.06. The summed E-state index contributed by atoms with van der Waals surface area (Å²) in [6.07, 6.45) is 5.31. The first kappa shape index (κ1) is 17.5. The molecule has 138 valence electrons. The fourth-order valence-corrected chi connectivity index (χ4v) is 3.75. The van der Waals surface area contributed by atoms with Crippen LogP contribution in [0.2, 0.25) is 0 Å². The van der Waals surface area contributed by atoms with Crippen LogP contribution in [0.4, 0.5) is 11.5 Å². The lowest BCUT2D eigenvalue weighted by Gasteiger charge is -2.28. The average Bonchev–Trinajstić information content (AvgIpc) is 2.68. The fraction of sp³-hybridized carbons (Fsp3) is 0.318. The third kappa shape index (κ3) is 3.63. The molecule has 0 radical (unpaired) electrons. The summed E-state index contributed by atoms with van der Waals surface area (Å²) in [6.45, 7) is 6.06. The number of carbonyl (C=O) groups is 1. The van der Waals surface area contributed by atoms with Gasteiger partial charge in [0.2, 0.25) is 0 Å². The van der Waals surface area contributed by atoms with Crippen molar-refractivity contribution in [2.45, 2.75) is 33.1 Å². The number of fused-ring (bicyclic) bond motifs is 1. The standard InChI is InChI=1S/C22H24N4O/c1-15-6-8-18(16(2)12-15)22(27)25-17-7-9-19-20(13-17)23-14-24-21(19)26-10-4-3-5-11-26/h6-9,12-14H,3-5,10-11H2,1-2H3,(H,25,27). The Balaban J connectivity index is 1.61. The molecule has 4 rings (SSSR count). The molecule has 2 heterocycles. The normalized spacial score (nSPS) is 14.4. The predicted molar refractivity (Wildman–Crippen MR) is 109 cm³/mol. The van der Waals surface area contributed by atoms with E-state index in [1.807, 2.05) is 50.2 Å². The van der Waals surface area contributed by atoms with Crippen LogP contribution in [0.5, 0.6) is 0 Å². The van der Waals surface area contributed by atoms with Crippen molar-refractivity contribution in [1.82, 2.24) is 9.97 Å². The zero-order valence-electron chi connectivity index (χ0n) is 15.8. The SMILES string of the molecule is Cc1ccc(C(=O)Nc2ccc3c(N4CCCCC4)ncnc3c2)c(C)c1. The van der Waals surface area contributed by atoms with Crippen LogP contribution in [0.1, 0.15) is 40.7 Å². The van der Waals surface area contributed by atoms with Crippen LogP contribution >= 0.6 is 0 Å². The minimum atomic E-state index is -0.0999. The van der Waals surface area contributed by atoms with E-state index in [4.69, 9.17) is 0 Å². The number of piperidine rings is 1. The molecule has 2 aromatic carbocycles. The molecular formula is C22H24N4O. The monoisotopic (exact) mass is 360 g/mol. The number of aromatic nitrogens is 2. The van der Waals surface area contributed by atoms with Crippen molar-refractivity contribution in [3.63, 3.8) is 0 Å². The van der Waals surface area contributed by atoms with Gasteiger partial charge in [-0.2, -0.15) is 0 Å². The summed E-state index contributed by atoms with van der Waals surface area (Å²) in [6, 6.07) is 11.7. The molecule has 1 N–H and O–H groups in total. The van der Waals surface area contributed by atoms with Gasteiger partial charge in [-0.15, -0.1) is 0 Å². The summed E-state index contributed by atoms with van der Waals surface area (Å²) in [4.78, 5) is 23.9. The van der Waals surface area contributed by atoms with Gasteiger partial charge < -0.3 is 10.2 Å². The van der Waals surface area contributed by atoms with Crippen LogP contribution in [0.25, 0.3) is 10.9 Å². The maximum absolute atomic E-state index is 12.6. The molecule has 0 unspecified atom stereocenters. The van der Waals surface area contributed by atoms with Gasteiger partial charge in [0.1, 0.15) is 12.1 Å². The Kier molecular flexibility index (Phi) is 4.75. The van der Waals surface area contributed by atoms with E-state index in [0.717, 1.165) is 46.6 Å². The summed E-state index contributed by atoms with van der Waals surface area (Å²) in [5.74, 6) is 0.893. The molecule has 5 nitrogen and oxygen atoms in total. The Morgan fingerprint density at radius 3 is 2.59 bits per heavy atom. The third-order valence-corrected chi connectivity index (χ3v) is 5.16. The quantitative estimate of drug-likeness (QED) is 0.748. The Bertz CT molecular complexity index is 993. The van der Waals surface area contributed by atoms with Crippen LogP contribution in [-0.2, 0) is 0 Å². The van der Waals surface area contributed by atoms with Crippen LogP contribution < -0.4 is 10.2 Å². The first-order chi connectivity index (χ1) is 13.1. The smallest absolute Gasteiger partial charge is 0.255 e. The zero-order valence-corrected chi connectivity index (χ0v) is 15.8. The first-order valence-corrected chi connectivity index (χ1v) is 9.50. The number of anilines is 2. The molecule has 27 heavy (non-hydrogen) atoms. The summed E-state index contributed by atoms with van der Waals surface area (Å²) >= 11 is 0. The van der Waals surface area contributed by atoms with Gasteiger partial charge in [0.15, 0.2) is 0 Å². The molecule has 0 saturated carbocycles. The van der Waals surface area contributed by atoms with E-state index in [0.29, 0.717) is 5.56 Å². The molecule has 0 bridgehead atoms. The third-order valence-electron chi connectivity index (χ3n) is 5.16. The topological polar surface area (TPSA) is 58.1 Å². The minimum absolute atomic E-state index is 0.0999. The van der Waals surface area contributed by atoms with Crippen LogP contribution in [-0.4, -0.2) is 29.0 Å². The van der Waals surface area contributed by atoms with Crippen molar-refractivity contribution in [2.75, 3.05) is 23.3 Å². The van der Waals surface area contributed by atoms with E-state index in [1.54, 1.807) is 6.33 Å². The van der Waals surface area contributed by atoms with E-state index in [-0.39, 0.29) is 5.91 Å². The van der Waals surface area contributed by atoms with Gasteiger partial charge in [0, 0.05) is 29.7 Å². The maximum Gasteiger partial charge on any atom is 0.255 e. The minimum Gasteiger partial charge on any atom is -0.356 e. The van der Waals surface area contributed by atoms with E-state index in [2.05, 4.69) is 20.2 Å². The molecule has 1 aliphatic heterocycles. The molecule has 5 heteroatoms. The summed E-state index contributed by atoms with van der Waals surface area (Å²) in [7, 11) is 0. The highest BCUT2D eigenvalue weighted by Gasteiger charge is 2.16. The number of aryl methyl sites for hydroxylation is 2. The molecule has 0 atom stereocenters. The van der Waals surface area contributed by atoms with Gasteiger partial charge in [-0.1, -0.05) is 17.7 Å². The summed E-state index contributed by atoms with van der Waals surface area (Å²) in [5, 5.41) is 4.03.